The zero-order valence-corrected chi connectivity index (χ0v) is 13.9. The Morgan fingerprint density at radius 3 is 2.43 bits per heavy atom. The van der Waals surface area contributed by atoms with Crippen molar-refractivity contribution in [3.8, 4) is 0 Å². The zero-order valence-electron chi connectivity index (χ0n) is 12.2. The van der Waals surface area contributed by atoms with Gasteiger partial charge in [-0.3, -0.25) is 13.2 Å². The van der Waals surface area contributed by atoms with Crippen LogP contribution in [0.1, 0.15) is 20.3 Å². The highest BCUT2D eigenvalue weighted by molar-refractivity contribution is 8.03. The molecule has 0 spiro atoms. The summed E-state index contributed by atoms with van der Waals surface area (Å²) in [5.74, 6) is 0.0838. The first-order chi connectivity index (χ1) is 9.95. The minimum Gasteiger partial charge on any atom is -0.464 e. The summed E-state index contributed by atoms with van der Waals surface area (Å²) in [5, 5.41) is 9.58. The molecule has 1 N–H and O–H groups in total. The van der Waals surface area contributed by atoms with E-state index in [1.165, 1.54) is 0 Å². The van der Waals surface area contributed by atoms with Crippen molar-refractivity contribution in [3.63, 3.8) is 0 Å². The third-order valence-electron chi connectivity index (χ3n) is 4.16. The van der Waals surface area contributed by atoms with Crippen LogP contribution in [0.25, 0.3) is 0 Å². The molecule has 2 fully saturated rings. The van der Waals surface area contributed by atoms with Crippen LogP contribution in [0.15, 0.2) is 0 Å². The Labute approximate surface area is 129 Å². The molecular formula is C13H22O6S2. The summed E-state index contributed by atoms with van der Waals surface area (Å²) < 4.78 is 33.9. The van der Waals surface area contributed by atoms with Crippen molar-refractivity contribution in [3.05, 3.63) is 0 Å². The number of aliphatic hydroxyl groups is 1. The first kappa shape index (κ1) is 17.1. The molecule has 6 nitrogen and oxygen atoms in total. The Hall–Kier alpha value is -0.310. The molecule has 0 aromatic rings. The average Bonchev–Trinajstić information content (AvgIpc) is 2.43. The zero-order chi connectivity index (χ0) is 15.6. The average molecular weight is 338 g/mol. The maximum Gasteiger partial charge on any atom is 0.312 e. The van der Waals surface area contributed by atoms with Gasteiger partial charge in [0.05, 0.1) is 12.5 Å². The van der Waals surface area contributed by atoms with Crippen molar-refractivity contribution in [2.75, 3.05) is 24.7 Å². The minimum absolute atomic E-state index is 0.122. The molecule has 7 unspecified atom stereocenters. The monoisotopic (exact) mass is 338 g/mol. The molecule has 0 radical (unpaired) electrons. The van der Waals surface area contributed by atoms with E-state index in [-0.39, 0.29) is 23.7 Å². The molecular weight excluding hydrogens is 316 g/mol. The number of carbonyl (C=O) groups excluding carboxylic acids is 1. The second kappa shape index (κ2) is 7.30. The topological polar surface area (TPSA) is 89.9 Å². The smallest absolute Gasteiger partial charge is 0.312 e. The summed E-state index contributed by atoms with van der Waals surface area (Å²) in [4.78, 5) is 11.1. The Balaban J connectivity index is 1.95. The Morgan fingerprint density at radius 2 is 2.05 bits per heavy atom. The fourth-order valence-electron chi connectivity index (χ4n) is 2.51. The SMILES string of the molecule is CCS(=O)C(C(C)C1COC1O)S(=O)CCC1COC1=O. The van der Waals surface area contributed by atoms with Gasteiger partial charge in [0.2, 0.25) is 0 Å². The van der Waals surface area contributed by atoms with Gasteiger partial charge in [0.15, 0.2) is 6.29 Å². The fourth-order valence-corrected chi connectivity index (χ4v) is 6.61. The van der Waals surface area contributed by atoms with Gasteiger partial charge in [-0.1, -0.05) is 13.8 Å². The van der Waals surface area contributed by atoms with Gasteiger partial charge in [-0.15, -0.1) is 0 Å². The standard InChI is InChI=1S/C13H22O6S2/c1-3-20(16)13(8(2)10-7-19-12(10)15)21(17)5-4-9-6-18-11(9)14/h8-10,12-13,15H,3-7H2,1-2H3. The molecule has 122 valence electrons. The van der Waals surface area contributed by atoms with Gasteiger partial charge in [0.25, 0.3) is 0 Å². The molecule has 2 aliphatic rings. The molecule has 0 aliphatic carbocycles. The second-order valence-electron chi connectivity index (χ2n) is 5.49. The third kappa shape index (κ3) is 3.72. The van der Waals surface area contributed by atoms with Crippen LogP contribution in [0, 0.1) is 17.8 Å². The lowest BCUT2D eigenvalue weighted by atomic mass is 9.92. The number of hydrogen-bond donors (Lipinski definition) is 1. The number of cyclic esters (lactones) is 1. The van der Waals surface area contributed by atoms with Crippen molar-refractivity contribution >= 4 is 27.6 Å². The number of rotatable bonds is 8. The third-order valence-corrected chi connectivity index (χ3v) is 8.55. The molecule has 0 saturated carbocycles. The van der Waals surface area contributed by atoms with E-state index < -0.39 is 32.5 Å². The maximum atomic E-state index is 12.5. The molecule has 0 aromatic carbocycles. The van der Waals surface area contributed by atoms with E-state index in [2.05, 4.69) is 4.74 Å². The van der Waals surface area contributed by atoms with E-state index in [0.29, 0.717) is 31.1 Å². The maximum absolute atomic E-state index is 12.5. The lowest BCUT2D eigenvalue weighted by Gasteiger charge is -2.39. The van der Waals surface area contributed by atoms with Crippen molar-refractivity contribution in [2.24, 2.45) is 17.8 Å². The normalized spacial score (nSPS) is 34.0. The number of ether oxygens (including phenoxy) is 2. The van der Waals surface area contributed by atoms with Crippen LogP contribution in [0.4, 0.5) is 0 Å². The summed E-state index contributed by atoms with van der Waals surface area (Å²) in [6.45, 7) is 4.46. The minimum atomic E-state index is -1.30. The summed E-state index contributed by atoms with van der Waals surface area (Å²) in [6, 6.07) is 0. The van der Waals surface area contributed by atoms with Crippen LogP contribution in [0.2, 0.25) is 0 Å². The van der Waals surface area contributed by atoms with Crippen LogP contribution < -0.4 is 0 Å². The predicted molar refractivity (Wildman–Crippen MR) is 79.2 cm³/mol. The number of carbonyl (C=O) groups is 1. The van der Waals surface area contributed by atoms with Crippen molar-refractivity contribution in [2.45, 2.75) is 31.1 Å². The highest BCUT2D eigenvalue weighted by Gasteiger charge is 2.42. The molecule has 2 rings (SSSR count). The molecule has 2 saturated heterocycles. The summed E-state index contributed by atoms with van der Waals surface area (Å²) >= 11 is 0. The van der Waals surface area contributed by atoms with E-state index >= 15 is 0 Å². The summed E-state index contributed by atoms with van der Waals surface area (Å²) in [5.41, 5.74) is 0. The van der Waals surface area contributed by atoms with Gasteiger partial charge in [-0.2, -0.15) is 0 Å². The molecule has 2 aliphatic heterocycles. The second-order valence-corrected chi connectivity index (χ2v) is 9.31. The van der Waals surface area contributed by atoms with Gasteiger partial charge in [-0.05, 0) is 12.3 Å². The lowest BCUT2D eigenvalue weighted by Crippen LogP contribution is -2.49. The van der Waals surface area contributed by atoms with Gasteiger partial charge in [0.1, 0.15) is 11.2 Å². The van der Waals surface area contributed by atoms with Crippen LogP contribution in [0.3, 0.4) is 0 Å². The van der Waals surface area contributed by atoms with Crippen LogP contribution in [0.5, 0.6) is 0 Å². The van der Waals surface area contributed by atoms with Crippen LogP contribution in [-0.2, 0) is 35.9 Å². The first-order valence-electron chi connectivity index (χ1n) is 7.16. The summed E-state index contributed by atoms with van der Waals surface area (Å²) in [7, 11) is -2.52. The fraction of sp³-hybridized carbons (Fsp3) is 0.923. The van der Waals surface area contributed by atoms with Gasteiger partial charge in [0, 0.05) is 39.0 Å². The van der Waals surface area contributed by atoms with E-state index in [9.17, 15) is 18.3 Å². The molecule has 21 heavy (non-hydrogen) atoms. The van der Waals surface area contributed by atoms with Crippen molar-refractivity contribution in [1.82, 2.24) is 0 Å². The molecule has 7 atom stereocenters. The molecule has 8 heteroatoms. The van der Waals surface area contributed by atoms with Gasteiger partial charge >= 0.3 is 5.97 Å². The van der Waals surface area contributed by atoms with E-state index in [0.717, 1.165) is 0 Å². The van der Waals surface area contributed by atoms with Crippen molar-refractivity contribution in [1.29, 1.82) is 0 Å². The largest absolute Gasteiger partial charge is 0.464 e. The summed E-state index contributed by atoms with van der Waals surface area (Å²) in [6.07, 6.45) is -0.353. The highest BCUT2D eigenvalue weighted by Crippen LogP contribution is 2.32. The number of aliphatic hydroxyl groups excluding tert-OH is 1. The Kier molecular flexibility index (Phi) is 5.93. The molecule has 2 heterocycles. The predicted octanol–water partition coefficient (Wildman–Crippen LogP) is -0.00620. The van der Waals surface area contributed by atoms with E-state index in [1.807, 2.05) is 6.92 Å². The molecule has 0 aromatic heterocycles. The van der Waals surface area contributed by atoms with Crippen LogP contribution in [-0.4, -0.2) is 55.1 Å². The quantitative estimate of drug-likeness (QED) is 0.626. The first-order valence-corrected chi connectivity index (χ1v) is 9.92. The molecule has 0 bridgehead atoms. The lowest BCUT2D eigenvalue weighted by molar-refractivity contribution is -0.244. The Morgan fingerprint density at radius 1 is 1.33 bits per heavy atom. The van der Waals surface area contributed by atoms with Gasteiger partial charge in [-0.25, -0.2) is 0 Å². The van der Waals surface area contributed by atoms with E-state index in [1.54, 1.807) is 6.92 Å². The van der Waals surface area contributed by atoms with Crippen molar-refractivity contribution < 1.29 is 27.8 Å². The van der Waals surface area contributed by atoms with E-state index in [4.69, 9.17) is 4.74 Å². The number of hydrogen-bond acceptors (Lipinski definition) is 6. The number of esters is 1. The Bertz CT molecular complexity index is 440. The van der Waals surface area contributed by atoms with Crippen LogP contribution >= 0.6 is 0 Å². The van der Waals surface area contributed by atoms with Gasteiger partial charge < -0.3 is 14.6 Å². The molecule has 0 amide bonds. The highest BCUT2D eigenvalue weighted by atomic mass is 32.2.